The van der Waals surface area contributed by atoms with Gasteiger partial charge in [0.1, 0.15) is 0 Å². The molecule has 0 fully saturated rings. The Bertz CT molecular complexity index is 347. The molecule has 4 heteroatoms. The molecule has 0 bridgehead atoms. The number of nitrogens with one attached hydrogen (secondary N) is 1. The number of rotatable bonds is 3. The second-order valence-electron chi connectivity index (χ2n) is 3.36. The van der Waals surface area contributed by atoms with E-state index in [-0.39, 0.29) is 5.78 Å². The molecule has 1 rings (SSSR count). The fourth-order valence-corrected chi connectivity index (χ4v) is 1.21. The number of nitrogen functional groups attached to an aromatic ring is 1. The summed E-state index contributed by atoms with van der Waals surface area (Å²) >= 11 is 0. The lowest BCUT2D eigenvalue weighted by atomic mass is 10.1. The Morgan fingerprint density at radius 3 is 2.50 bits per heavy atom. The minimum absolute atomic E-state index is 0.0149. The molecule has 0 atom stereocenters. The van der Waals surface area contributed by atoms with E-state index in [0.29, 0.717) is 11.3 Å². The molecule has 0 saturated carbocycles. The van der Waals surface area contributed by atoms with Crippen molar-refractivity contribution in [2.75, 3.05) is 25.3 Å². The first-order chi connectivity index (χ1) is 6.50. The number of ketones is 1. The highest BCUT2D eigenvalue weighted by Crippen LogP contribution is 2.18. The third-order valence-electron chi connectivity index (χ3n) is 1.78. The van der Waals surface area contributed by atoms with Gasteiger partial charge in [-0.05, 0) is 25.1 Å². The van der Waals surface area contributed by atoms with Crippen LogP contribution in [-0.2, 0) is 0 Å². The minimum Gasteiger partial charge on any atom is -0.398 e. The Kier molecular flexibility index (Phi) is 3.09. The van der Waals surface area contributed by atoms with Crippen LogP contribution in [0.3, 0.4) is 0 Å². The summed E-state index contributed by atoms with van der Waals surface area (Å²) in [7, 11) is 3.77. The Morgan fingerprint density at radius 1 is 1.43 bits per heavy atom. The number of benzene rings is 1. The molecule has 0 aliphatic rings. The van der Waals surface area contributed by atoms with Crippen LogP contribution in [0.5, 0.6) is 0 Å². The fraction of sp³-hybridized carbons (Fsp3) is 0.300. The maximum atomic E-state index is 11.1. The molecule has 0 aromatic heterocycles. The molecule has 1 aromatic carbocycles. The molecule has 1 aromatic rings. The number of Topliss-reactive ketones (excluding diaryl/α,β-unsaturated/α-hetero) is 1. The van der Waals surface area contributed by atoms with Crippen molar-refractivity contribution in [2.45, 2.75) is 6.92 Å². The number of nitrogens with two attached hydrogens (primary N) is 1. The van der Waals surface area contributed by atoms with Gasteiger partial charge in [0.2, 0.25) is 0 Å². The van der Waals surface area contributed by atoms with Crippen molar-refractivity contribution < 1.29 is 4.79 Å². The number of hydrogen-bond donors (Lipinski definition) is 2. The van der Waals surface area contributed by atoms with Gasteiger partial charge in [-0.25, -0.2) is 5.01 Å². The summed E-state index contributed by atoms with van der Waals surface area (Å²) in [6, 6.07) is 5.30. The van der Waals surface area contributed by atoms with Gasteiger partial charge >= 0.3 is 0 Å². The molecular weight excluding hydrogens is 178 g/mol. The van der Waals surface area contributed by atoms with Gasteiger partial charge in [0.05, 0.1) is 5.69 Å². The zero-order chi connectivity index (χ0) is 10.7. The Labute approximate surface area is 83.7 Å². The van der Waals surface area contributed by atoms with E-state index < -0.39 is 0 Å². The van der Waals surface area contributed by atoms with Crippen LogP contribution in [0.15, 0.2) is 18.2 Å². The topological polar surface area (TPSA) is 58.4 Å². The van der Waals surface area contributed by atoms with Gasteiger partial charge in [0.15, 0.2) is 5.78 Å². The minimum atomic E-state index is -0.0149. The van der Waals surface area contributed by atoms with E-state index in [2.05, 4.69) is 5.43 Å². The average molecular weight is 193 g/mol. The van der Waals surface area contributed by atoms with E-state index in [0.717, 1.165) is 5.69 Å². The van der Waals surface area contributed by atoms with Crippen LogP contribution in [0.1, 0.15) is 17.3 Å². The zero-order valence-electron chi connectivity index (χ0n) is 8.66. The molecule has 3 N–H and O–H groups in total. The number of anilines is 2. The lowest BCUT2D eigenvalue weighted by Crippen LogP contribution is -2.19. The monoisotopic (exact) mass is 193 g/mol. The van der Waals surface area contributed by atoms with Gasteiger partial charge < -0.3 is 11.2 Å². The van der Waals surface area contributed by atoms with Gasteiger partial charge in [-0.3, -0.25) is 4.79 Å². The quantitative estimate of drug-likeness (QED) is 0.432. The Morgan fingerprint density at radius 2 is 2.07 bits per heavy atom. The SMILES string of the molecule is CC(=O)c1ccc(NN(C)C)cc1N. The second kappa shape index (κ2) is 4.11. The van der Waals surface area contributed by atoms with Crippen LogP contribution in [0.25, 0.3) is 0 Å². The van der Waals surface area contributed by atoms with Gasteiger partial charge in [0, 0.05) is 25.3 Å². The Hall–Kier alpha value is -1.55. The smallest absolute Gasteiger partial charge is 0.161 e. The highest BCUT2D eigenvalue weighted by Gasteiger charge is 2.04. The van der Waals surface area contributed by atoms with E-state index in [9.17, 15) is 4.79 Å². The van der Waals surface area contributed by atoms with Crippen molar-refractivity contribution in [1.29, 1.82) is 0 Å². The van der Waals surface area contributed by atoms with Gasteiger partial charge in [-0.1, -0.05) is 0 Å². The third kappa shape index (κ3) is 2.47. The average Bonchev–Trinajstić information content (AvgIpc) is 2.01. The zero-order valence-corrected chi connectivity index (χ0v) is 8.66. The van der Waals surface area contributed by atoms with Crippen molar-refractivity contribution in [3.63, 3.8) is 0 Å². The first kappa shape index (κ1) is 10.5. The number of hydrogen-bond acceptors (Lipinski definition) is 4. The standard InChI is InChI=1S/C10H15N3O/c1-7(14)9-5-4-8(6-10(9)11)12-13(2)3/h4-6,12H,11H2,1-3H3. The second-order valence-corrected chi connectivity index (χ2v) is 3.36. The van der Waals surface area contributed by atoms with Crippen LogP contribution in [0, 0.1) is 0 Å². The number of carbonyl (C=O) groups excluding carboxylic acids is 1. The number of hydrazine groups is 1. The highest BCUT2D eigenvalue weighted by atomic mass is 16.1. The van der Waals surface area contributed by atoms with Crippen molar-refractivity contribution >= 4 is 17.2 Å². The van der Waals surface area contributed by atoms with Crippen molar-refractivity contribution in [3.05, 3.63) is 23.8 Å². The van der Waals surface area contributed by atoms with Crippen LogP contribution in [0.2, 0.25) is 0 Å². The molecular formula is C10H15N3O. The van der Waals surface area contributed by atoms with E-state index in [1.165, 1.54) is 6.92 Å². The molecule has 0 heterocycles. The maximum Gasteiger partial charge on any atom is 0.161 e. The molecule has 0 aliphatic heterocycles. The van der Waals surface area contributed by atoms with Crippen LogP contribution >= 0.6 is 0 Å². The molecule has 0 saturated heterocycles. The Balaban J connectivity index is 2.94. The molecule has 0 unspecified atom stereocenters. The largest absolute Gasteiger partial charge is 0.398 e. The molecule has 0 aliphatic carbocycles. The first-order valence-corrected chi connectivity index (χ1v) is 4.35. The van der Waals surface area contributed by atoms with E-state index in [4.69, 9.17) is 5.73 Å². The summed E-state index contributed by atoms with van der Waals surface area (Å²) in [5, 5.41) is 1.81. The van der Waals surface area contributed by atoms with Crippen LogP contribution in [-0.4, -0.2) is 24.9 Å². The number of carbonyl (C=O) groups is 1. The molecule has 14 heavy (non-hydrogen) atoms. The van der Waals surface area contributed by atoms with Crippen molar-refractivity contribution in [3.8, 4) is 0 Å². The first-order valence-electron chi connectivity index (χ1n) is 4.35. The molecule has 0 spiro atoms. The van der Waals surface area contributed by atoms with Crippen molar-refractivity contribution in [1.82, 2.24) is 5.01 Å². The maximum absolute atomic E-state index is 11.1. The van der Waals surface area contributed by atoms with E-state index in [1.54, 1.807) is 12.1 Å². The normalized spacial score (nSPS) is 10.3. The van der Waals surface area contributed by atoms with E-state index >= 15 is 0 Å². The lowest BCUT2D eigenvalue weighted by molar-refractivity contribution is 0.101. The fourth-order valence-electron chi connectivity index (χ4n) is 1.21. The summed E-state index contributed by atoms with van der Waals surface area (Å²) in [6.45, 7) is 1.50. The number of nitrogens with zero attached hydrogens (tertiary/aromatic N) is 1. The lowest BCUT2D eigenvalue weighted by Gasteiger charge is -2.14. The predicted octanol–water partition coefficient (Wildman–Crippen LogP) is 1.36. The summed E-state index contributed by atoms with van der Waals surface area (Å²) in [4.78, 5) is 11.1. The summed E-state index contributed by atoms with van der Waals surface area (Å²) in [5.41, 5.74) is 10.7. The van der Waals surface area contributed by atoms with Crippen LogP contribution in [0.4, 0.5) is 11.4 Å². The van der Waals surface area contributed by atoms with Gasteiger partial charge in [-0.15, -0.1) is 0 Å². The van der Waals surface area contributed by atoms with E-state index in [1.807, 2.05) is 25.2 Å². The van der Waals surface area contributed by atoms with Gasteiger partial charge in [0.25, 0.3) is 0 Å². The molecule has 0 radical (unpaired) electrons. The summed E-state index contributed by atoms with van der Waals surface area (Å²) < 4.78 is 0. The molecule has 0 amide bonds. The third-order valence-corrected chi connectivity index (χ3v) is 1.78. The molecule has 76 valence electrons. The van der Waals surface area contributed by atoms with Crippen LogP contribution < -0.4 is 11.2 Å². The highest BCUT2D eigenvalue weighted by molar-refractivity contribution is 5.99. The summed E-state index contributed by atoms with van der Waals surface area (Å²) in [6.07, 6.45) is 0. The summed E-state index contributed by atoms with van der Waals surface area (Å²) in [5.74, 6) is -0.0149. The van der Waals surface area contributed by atoms with Crippen molar-refractivity contribution in [2.24, 2.45) is 0 Å². The molecule has 4 nitrogen and oxygen atoms in total. The van der Waals surface area contributed by atoms with Gasteiger partial charge in [-0.2, -0.15) is 0 Å². The predicted molar refractivity (Wildman–Crippen MR) is 58.2 cm³/mol.